The molecule has 0 aliphatic heterocycles. The van der Waals surface area contributed by atoms with Crippen LogP contribution in [0.4, 0.5) is 4.39 Å². The van der Waals surface area contributed by atoms with Crippen molar-refractivity contribution in [1.29, 1.82) is 0 Å². The highest BCUT2D eigenvalue weighted by molar-refractivity contribution is 9.10. The number of carboxylic acid groups (broad SMARTS) is 1. The molecule has 1 heterocycles. The van der Waals surface area contributed by atoms with Gasteiger partial charge in [-0.15, -0.1) is 0 Å². The summed E-state index contributed by atoms with van der Waals surface area (Å²) >= 11 is 3.07. The van der Waals surface area contributed by atoms with E-state index in [4.69, 9.17) is 5.11 Å². The molecular weight excluding hydrogens is 257 g/mol. The number of pyridine rings is 1. The van der Waals surface area contributed by atoms with Crippen LogP contribution in [0.1, 0.15) is 11.7 Å². The summed E-state index contributed by atoms with van der Waals surface area (Å²) < 4.78 is 13.4. The lowest BCUT2D eigenvalue weighted by Crippen LogP contribution is -2.23. The summed E-state index contributed by atoms with van der Waals surface area (Å²) in [5.74, 6) is -1.70. The van der Waals surface area contributed by atoms with Crippen molar-refractivity contribution in [1.82, 2.24) is 4.98 Å². The molecule has 1 rings (SSSR count). The third kappa shape index (κ3) is 2.49. The SMILES string of the molecule is O=C(O)C(F)C(O)c1cncc(Br)c1. The van der Waals surface area contributed by atoms with Gasteiger partial charge in [0.15, 0.2) is 0 Å². The number of aliphatic carboxylic acids is 1. The normalized spacial score (nSPS) is 14.8. The lowest BCUT2D eigenvalue weighted by atomic mass is 10.1. The molecule has 0 radical (unpaired) electrons. The second kappa shape index (κ2) is 4.47. The van der Waals surface area contributed by atoms with Gasteiger partial charge in [0, 0.05) is 22.4 Å². The summed E-state index contributed by atoms with van der Waals surface area (Å²) in [6.07, 6.45) is -1.38. The molecule has 2 unspecified atom stereocenters. The number of nitrogens with zero attached hydrogens (tertiary/aromatic N) is 1. The number of aliphatic hydroxyl groups excluding tert-OH is 1. The molecule has 0 bridgehead atoms. The second-order valence-corrected chi connectivity index (χ2v) is 3.54. The molecule has 14 heavy (non-hydrogen) atoms. The minimum atomic E-state index is -2.34. The van der Waals surface area contributed by atoms with Crippen molar-refractivity contribution in [2.24, 2.45) is 0 Å². The number of carbonyl (C=O) groups is 1. The van der Waals surface area contributed by atoms with Crippen molar-refractivity contribution in [3.8, 4) is 0 Å². The van der Waals surface area contributed by atoms with Gasteiger partial charge in [-0.1, -0.05) is 0 Å². The molecule has 2 N–H and O–H groups in total. The van der Waals surface area contributed by atoms with Gasteiger partial charge in [0.25, 0.3) is 0 Å². The van der Waals surface area contributed by atoms with Crippen molar-refractivity contribution in [2.45, 2.75) is 12.3 Å². The number of alkyl halides is 1. The van der Waals surface area contributed by atoms with E-state index < -0.39 is 18.2 Å². The molecule has 4 nitrogen and oxygen atoms in total. The molecule has 0 aliphatic rings. The Hall–Kier alpha value is -1.01. The first kappa shape index (κ1) is 11.1. The summed E-state index contributed by atoms with van der Waals surface area (Å²) in [4.78, 5) is 13.9. The summed E-state index contributed by atoms with van der Waals surface area (Å²) in [6.45, 7) is 0. The highest BCUT2D eigenvalue weighted by Crippen LogP contribution is 2.21. The van der Waals surface area contributed by atoms with Crippen LogP contribution < -0.4 is 0 Å². The summed E-state index contributed by atoms with van der Waals surface area (Å²) in [6, 6.07) is 1.41. The number of halogens is 2. The van der Waals surface area contributed by atoms with Crippen molar-refractivity contribution < 1.29 is 19.4 Å². The topological polar surface area (TPSA) is 70.4 Å². The van der Waals surface area contributed by atoms with Crippen LogP contribution >= 0.6 is 15.9 Å². The largest absolute Gasteiger partial charge is 0.479 e. The average Bonchev–Trinajstić information content (AvgIpc) is 2.15. The van der Waals surface area contributed by atoms with E-state index in [1.54, 1.807) is 0 Å². The van der Waals surface area contributed by atoms with E-state index in [9.17, 15) is 14.3 Å². The monoisotopic (exact) mass is 263 g/mol. The van der Waals surface area contributed by atoms with Crippen LogP contribution in [0.2, 0.25) is 0 Å². The standard InChI is InChI=1S/C8H7BrFNO3/c9-5-1-4(2-11-3-5)7(12)6(10)8(13)14/h1-3,6-7,12H,(H,13,14). The molecule has 0 saturated carbocycles. The Kier molecular flexibility index (Phi) is 3.54. The number of hydrogen-bond acceptors (Lipinski definition) is 3. The Bertz CT molecular complexity index is 347. The fraction of sp³-hybridized carbons (Fsp3) is 0.250. The van der Waals surface area contributed by atoms with E-state index in [2.05, 4.69) is 20.9 Å². The minimum absolute atomic E-state index is 0.120. The highest BCUT2D eigenvalue weighted by atomic mass is 79.9. The number of rotatable bonds is 3. The van der Waals surface area contributed by atoms with Gasteiger partial charge in [-0.2, -0.15) is 0 Å². The van der Waals surface area contributed by atoms with Crippen LogP contribution in [0, 0.1) is 0 Å². The molecule has 0 amide bonds. The zero-order valence-electron chi connectivity index (χ0n) is 6.89. The van der Waals surface area contributed by atoms with Crippen LogP contribution in [0.3, 0.4) is 0 Å². The fourth-order valence-electron chi connectivity index (χ4n) is 0.894. The van der Waals surface area contributed by atoms with Gasteiger partial charge >= 0.3 is 5.97 Å². The van der Waals surface area contributed by atoms with Crippen molar-refractivity contribution in [3.05, 3.63) is 28.5 Å². The molecule has 0 fully saturated rings. The average molecular weight is 264 g/mol. The maximum absolute atomic E-state index is 12.8. The van der Waals surface area contributed by atoms with Gasteiger partial charge in [-0.25, -0.2) is 9.18 Å². The summed E-state index contributed by atoms with van der Waals surface area (Å²) in [5.41, 5.74) is 0.120. The summed E-state index contributed by atoms with van der Waals surface area (Å²) in [5, 5.41) is 17.6. The second-order valence-electron chi connectivity index (χ2n) is 2.62. The molecular formula is C8H7BrFNO3. The molecule has 1 aromatic heterocycles. The maximum Gasteiger partial charge on any atom is 0.341 e. The minimum Gasteiger partial charge on any atom is -0.479 e. The predicted molar refractivity (Wildman–Crippen MR) is 49.4 cm³/mol. The van der Waals surface area contributed by atoms with E-state index in [0.29, 0.717) is 4.47 Å². The number of aromatic nitrogens is 1. The smallest absolute Gasteiger partial charge is 0.341 e. The molecule has 0 spiro atoms. The zero-order chi connectivity index (χ0) is 10.7. The first-order chi connectivity index (χ1) is 6.52. The number of aliphatic hydroxyl groups is 1. The van der Waals surface area contributed by atoms with Gasteiger partial charge in [0.1, 0.15) is 6.10 Å². The van der Waals surface area contributed by atoms with Crippen LogP contribution in [-0.2, 0) is 4.79 Å². The quantitative estimate of drug-likeness (QED) is 0.863. The third-order valence-corrected chi connectivity index (χ3v) is 2.01. The first-order valence-corrected chi connectivity index (χ1v) is 4.47. The molecule has 0 aromatic carbocycles. The predicted octanol–water partition coefficient (Wildman–Crippen LogP) is 1.30. The number of carboxylic acids is 1. The van der Waals surface area contributed by atoms with E-state index >= 15 is 0 Å². The highest BCUT2D eigenvalue weighted by Gasteiger charge is 2.27. The van der Waals surface area contributed by atoms with Crippen molar-refractivity contribution in [3.63, 3.8) is 0 Å². The van der Waals surface area contributed by atoms with Crippen LogP contribution in [-0.4, -0.2) is 27.3 Å². The van der Waals surface area contributed by atoms with Crippen molar-refractivity contribution >= 4 is 21.9 Å². The molecule has 2 atom stereocenters. The van der Waals surface area contributed by atoms with E-state index in [1.807, 2.05) is 0 Å². The molecule has 6 heteroatoms. The van der Waals surface area contributed by atoms with Gasteiger partial charge in [-0.3, -0.25) is 4.98 Å². The molecule has 0 aliphatic carbocycles. The first-order valence-electron chi connectivity index (χ1n) is 3.67. The van der Waals surface area contributed by atoms with Gasteiger partial charge in [0.05, 0.1) is 0 Å². The van der Waals surface area contributed by atoms with Crippen LogP contribution in [0.25, 0.3) is 0 Å². The molecule has 76 valence electrons. The summed E-state index contributed by atoms with van der Waals surface area (Å²) in [7, 11) is 0. The fourth-order valence-corrected chi connectivity index (χ4v) is 1.28. The molecule has 0 saturated heterocycles. The Labute approximate surface area is 87.5 Å². The Morgan fingerprint density at radius 3 is 2.71 bits per heavy atom. The van der Waals surface area contributed by atoms with Crippen molar-refractivity contribution in [2.75, 3.05) is 0 Å². The Morgan fingerprint density at radius 2 is 2.21 bits per heavy atom. The third-order valence-electron chi connectivity index (χ3n) is 1.58. The maximum atomic E-state index is 12.8. The van der Waals surface area contributed by atoms with Gasteiger partial charge in [0.2, 0.25) is 6.17 Å². The lowest BCUT2D eigenvalue weighted by molar-refractivity contribution is -0.147. The Balaban J connectivity index is 2.89. The van der Waals surface area contributed by atoms with Crippen LogP contribution in [0.5, 0.6) is 0 Å². The van der Waals surface area contributed by atoms with E-state index in [-0.39, 0.29) is 5.56 Å². The van der Waals surface area contributed by atoms with E-state index in [0.717, 1.165) is 0 Å². The van der Waals surface area contributed by atoms with E-state index in [1.165, 1.54) is 18.5 Å². The Morgan fingerprint density at radius 1 is 1.57 bits per heavy atom. The molecule has 1 aromatic rings. The van der Waals surface area contributed by atoms with Gasteiger partial charge in [-0.05, 0) is 22.0 Å². The number of hydrogen-bond donors (Lipinski definition) is 2. The van der Waals surface area contributed by atoms with Gasteiger partial charge < -0.3 is 10.2 Å². The van der Waals surface area contributed by atoms with Crippen LogP contribution in [0.15, 0.2) is 22.9 Å². The zero-order valence-corrected chi connectivity index (χ0v) is 8.48. The lowest BCUT2D eigenvalue weighted by Gasteiger charge is -2.11.